The molecule has 8 nitrogen and oxygen atoms in total. The highest BCUT2D eigenvalue weighted by Crippen LogP contribution is 2.20. The topological polar surface area (TPSA) is 107 Å². The third-order valence-corrected chi connectivity index (χ3v) is 2.86. The van der Waals surface area contributed by atoms with Crippen LogP contribution in [0.2, 0.25) is 0 Å². The third kappa shape index (κ3) is 3.14. The van der Waals surface area contributed by atoms with E-state index in [1.807, 2.05) is 19.9 Å². The smallest absolute Gasteiger partial charge is 0.303 e. The Kier molecular flexibility index (Phi) is 4.34. The van der Waals surface area contributed by atoms with Gasteiger partial charge in [0.2, 0.25) is 0 Å². The van der Waals surface area contributed by atoms with E-state index in [0.29, 0.717) is 18.8 Å². The molecule has 0 saturated heterocycles. The van der Waals surface area contributed by atoms with Crippen molar-refractivity contribution >= 4 is 5.97 Å². The molecular weight excluding hydrogens is 260 g/mol. The van der Waals surface area contributed by atoms with Gasteiger partial charge < -0.3 is 5.11 Å². The Bertz CT molecular complexity index is 610. The lowest BCUT2D eigenvalue weighted by Gasteiger charge is -2.07. The van der Waals surface area contributed by atoms with E-state index in [0.717, 1.165) is 23.4 Å². The van der Waals surface area contributed by atoms with Gasteiger partial charge in [0, 0.05) is 18.5 Å². The summed E-state index contributed by atoms with van der Waals surface area (Å²) in [7, 11) is 0. The maximum absolute atomic E-state index is 10.5. The van der Waals surface area contributed by atoms with Crippen LogP contribution >= 0.6 is 0 Å². The van der Waals surface area contributed by atoms with Crippen LogP contribution in [0, 0.1) is 6.92 Å². The molecule has 20 heavy (non-hydrogen) atoms. The van der Waals surface area contributed by atoms with Gasteiger partial charge >= 0.3 is 5.97 Å². The lowest BCUT2D eigenvalue weighted by atomic mass is 10.1. The first-order valence-corrected chi connectivity index (χ1v) is 6.43. The number of aryl methyl sites for hydroxylation is 3. The van der Waals surface area contributed by atoms with E-state index < -0.39 is 5.97 Å². The fraction of sp³-hybridized carbons (Fsp3) is 0.500. The average molecular weight is 276 g/mol. The summed E-state index contributed by atoms with van der Waals surface area (Å²) < 4.78 is 1.61. The predicted octanol–water partition coefficient (Wildman–Crippen LogP) is 0.866. The van der Waals surface area contributed by atoms with Gasteiger partial charge in [0.05, 0.1) is 11.4 Å². The number of hydrogen-bond acceptors (Lipinski definition) is 6. The van der Waals surface area contributed by atoms with E-state index in [-0.39, 0.29) is 6.42 Å². The lowest BCUT2D eigenvalue weighted by Crippen LogP contribution is -2.07. The van der Waals surface area contributed by atoms with Crippen LogP contribution in [0.25, 0.3) is 11.4 Å². The molecular formula is C12H16N6O2. The summed E-state index contributed by atoms with van der Waals surface area (Å²) >= 11 is 0. The van der Waals surface area contributed by atoms with Gasteiger partial charge in [0.1, 0.15) is 0 Å². The molecule has 8 heteroatoms. The number of carbonyl (C=O) groups is 1. The molecule has 2 heterocycles. The molecule has 0 bridgehead atoms. The van der Waals surface area contributed by atoms with Crippen LogP contribution in [0.1, 0.15) is 31.2 Å². The number of aliphatic carboxylic acids is 1. The van der Waals surface area contributed by atoms with Gasteiger partial charge in [-0.25, -0.2) is 4.68 Å². The van der Waals surface area contributed by atoms with E-state index in [1.54, 1.807) is 4.68 Å². The Morgan fingerprint density at radius 3 is 2.85 bits per heavy atom. The second-order valence-electron chi connectivity index (χ2n) is 4.42. The Hall–Kier alpha value is -2.38. The van der Waals surface area contributed by atoms with E-state index >= 15 is 0 Å². The lowest BCUT2D eigenvalue weighted by molar-refractivity contribution is -0.137. The molecule has 2 aromatic heterocycles. The monoisotopic (exact) mass is 276 g/mol. The molecule has 2 aromatic rings. The van der Waals surface area contributed by atoms with Crippen molar-refractivity contribution in [1.82, 2.24) is 30.4 Å². The number of carboxylic acid groups (broad SMARTS) is 1. The summed E-state index contributed by atoms with van der Waals surface area (Å²) in [4.78, 5) is 10.5. The highest BCUT2D eigenvalue weighted by molar-refractivity contribution is 5.66. The molecule has 0 aliphatic rings. The molecule has 106 valence electrons. The quantitative estimate of drug-likeness (QED) is 0.833. The van der Waals surface area contributed by atoms with Crippen LogP contribution in [-0.4, -0.2) is 41.5 Å². The molecule has 1 N–H and O–H groups in total. The molecule has 0 aliphatic heterocycles. The molecule has 0 spiro atoms. The molecule has 0 saturated carbocycles. The van der Waals surface area contributed by atoms with Crippen LogP contribution in [0.15, 0.2) is 6.07 Å². The summed E-state index contributed by atoms with van der Waals surface area (Å²) in [6, 6.07) is 1.89. The molecule has 0 unspecified atom stereocenters. The zero-order valence-electron chi connectivity index (χ0n) is 11.4. The molecule has 0 fully saturated rings. The highest BCUT2D eigenvalue weighted by atomic mass is 16.4. The van der Waals surface area contributed by atoms with Gasteiger partial charge in [-0.15, -0.1) is 5.10 Å². The third-order valence-electron chi connectivity index (χ3n) is 2.86. The van der Waals surface area contributed by atoms with Gasteiger partial charge in [-0.1, -0.05) is 6.92 Å². The normalized spacial score (nSPS) is 10.7. The maximum Gasteiger partial charge on any atom is 0.303 e. The van der Waals surface area contributed by atoms with Crippen molar-refractivity contribution in [3.8, 4) is 11.4 Å². The first-order chi connectivity index (χ1) is 9.61. The zero-order valence-corrected chi connectivity index (χ0v) is 11.4. The minimum absolute atomic E-state index is 0.0908. The standard InChI is InChI=1S/C12H16N6O2/c1-3-10-9(7-8(2)13-14-10)12-15-16-17-18(12)6-4-5-11(19)20/h7H,3-6H2,1-2H3,(H,19,20). The summed E-state index contributed by atoms with van der Waals surface area (Å²) in [5.41, 5.74) is 2.46. The van der Waals surface area contributed by atoms with Gasteiger partial charge in [-0.3, -0.25) is 4.79 Å². The molecule has 2 rings (SSSR count). The van der Waals surface area contributed by atoms with Crippen molar-refractivity contribution in [1.29, 1.82) is 0 Å². The zero-order chi connectivity index (χ0) is 14.5. The van der Waals surface area contributed by atoms with E-state index in [4.69, 9.17) is 5.11 Å². The average Bonchev–Trinajstić information content (AvgIpc) is 2.86. The fourth-order valence-electron chi connectivity index (χ4n) is 1.90. The van der Waals surface area contributed by atoms with Crippen LogP contribution in [0.5, 0.6) is 0 Å². The van der Waals surface area contributed by atoms with E-state index in [9.17, 15) is 4.79 Å². The molecule has 0 amide bonds. The van der Waals surface area contributed by atoms with Crippen molar-refractivity contribution in [2.45, 2.75) is 39.7 Å². The maximum atomic E-state index is 10.5. The van der Waals surface area contributed by atoms with Crippen molar-refractivity contribution < 1.29 is 9.90 Å². The van der Waals surface area contributed by atoms with Crippen LogP contribution in [0.3, 0.4) is 0 Å². The number of nitrogens with zero attached hydrogens (tertiary/aromatic N) is 6. The number of hydrogen-bond donors (Lipinski definition) is 1. The second-order valence-corrected chi connectivity index (χ2v) is 4.42. The van der Waals surface area contributed by atoms with Gasteiger partial charge in [-0.2, -0.15) is 10.2 Å². The minimum Gasteiger partial charge on any atom is -0.481 e. The fourth-order valence-corrected chi connectivity index (χ4v) is 1.90. The second kappa shape index (κ2) is 6.18. The Morgan fingerprint density at radius 1 is 1.35 bits per heavy atom. The Labute approximate surface area is 115 Å². The van der Waals surface area contributed by atoms with Gasteiger partial charge in [-0.05, 0) is 36.3 Å². The molecule has 0 aromatic carbocycles. The predicted molar refractivity (Wildman–Crippen MR) is 69.8 cm³/mol. The number of tetrazole rings is 1. The van der Waals surface area contributed by atoms with Gasteiger partial charge in [0.25, 0.3) is 0 Å². The van der Waals surface area contributed by atoms with E-state index in [1.165, 1.54) is 0 Å². The molecule has 0 atom stereocenters. The SMILES string of the molecule is CCc1nnc(C)cc1-c1nnnn1CCCC(=O)O. The van der Waals surface area contributed by atoms with Crippen LogP contribution in [0.4, 0.5) is 0 Å². The largest absolute Gasteiger partial charge is 0.481 e. The summed E-state index contributed by atoms with van der Waals surface area (Å²) in [6.07, 6.45) is 1.30. The van der Waals surface area contributed by atoms with Crippen molar-refractivity contribution in [2.24, 2.45) is 0 Å². The van der Waals surface area contributed by atoms with Crippen molar-refractivity contribution in [3.63, 3.8) is 0 Å². The number of carboxylic acids is 1. The summed E-state index contributed by atoms with van der Waals surface area (Å²) in [5, 5.41) is 28.4. The van der Waals surface area contributed by atoms with E-state index in [2.05, 4.69) is 25.7 Å². The first-order valence-electron chi connectivity index (χ1n) is 6.43. The highest BCUT2D eigenvalue weighted by Gasteiger charge is 2.14. The summed E-state index contributed by atoms with van der Waals surface area (Å²) in [6.45, 7) is 4.30. The number of aromatic nitrogens is 6. The van der Waals surface area contributed by atoms with Crippen LogP contribution in [-0.2, 0) is 17.8 Å². The van der Waals surface area contributed by atoms with Crippen LogP contribution < -0.4 is 0 Å². The molecule has 0 aliphatic carbocycles. The Balaban J connectivity index is 2.27. The summed E-state index contributed by atoms with van der Waals surface area (Å²) in [5.74, 6) is -0.222. The minimum atomic E-state index is -0.824. The Morgan fingerprint density at radius 2 is 2.15 bits per heavy atom. The van der Waals surface area contributed by atoms with Gasteiger partial charge in [0.15, 0.2) is 5.82 Å². The first kappa shape index (κ1) is 14.0. The van der Waals surface area contributed by atoms with Crippen molar-refractivity contribution in [2.75, 3.05) is 0 Å². The number of rotatable bonds is 6. The molecule has 0 radical (unpaired) electrons. The van der Waals surface area contributed by atoms with Crippen molar-refractivity contribution in [3.05, 3.63) is 17.5 Å².